The Morgan fingerprint density at radius 1 is 1.33 bits per heavy atom. The Labute approximate surface area is 113 Å². The lowest BCUT2D eigenvalue weighted by molar-refractivity contribution is 0.0950. The molecule has 0 aliphatic heterocycles. The molecule has 2 N–H and O–H groups in total. The molecule has 0 fully saturated rings. The highest BCUT2D eigenvalue weighted by molar-refractivity contribution is 9.10. The lowest BCUT2D eigenvalue weighted by Gasteiger charge is -2.05. The van der Waals surface area contributed by atoms with Crippen LogP contribution in [0.15, 0.2) is 47.2 Å². The first kappa shape index (κ1) is 12.6. The lowest BCUT2D eigenvalue weighted by atomic mass is 10.2. The fourth-order valence-corrected chi connectivity index (χ4v) is 1.85. The van der Waals surface area contributed by atoms with Gasteiger partial charge in [-0.25, -0.2) is 0 Å². The second-order valence-corrected chi connectivity index (χ2v) is 4.66. The molecule has 92 valence electrons. The second kappa shape index (κ2) is 5.64. The molecule has 4 nitrogen and oxygen atoms in total. The van der Waals surface area contributed by atoms with E-state index in [0.717, 1.165) is 10.0 Å². The van der Waals surface area contributed by atoms with Crippen LogP contribution < -0.4 is 5.32 Å². The summed E-state index contributed by atoms with van der Waals surface area (Å²) in [7, 11) is 0. The van der Waals surface area contributed by atoms with E-state index in [-0.39, 0.29) is 11.7 Å². The molecule has 1 aromatic heterocycles. The molecule has 0 unspecified atom stereocenters. The molecule has 0 radical (unpaired) electrons. The first-order valence-electron chi connectivity index (χ1n) is 5.32. The van der Waals surface area contributed by atoms with Crippen LogP contribution in [0.1, 0.15) is 15.9 Å². The number of hydrogen-bond acceptors (Lipinski definition) is 3. The van der Waals surface area contributed by atoms with E-state index < -0.39 is 0 Å². The Morgan fingerprint density at radius 3 is 2.89 bits per heavy atom. The van der Waals surface area contributed by atoms with E-state index in [1.165, 1.54) is 6.20 Å². The van der Waals surface area contributed by atoms with Crippen LogP contribution in [0.2, 0.25) is 0 Å². The van der Waals surface area contributed by atoms with Crippen molar-refractivity contribution >= 4 is 21.8 Å². The molecule has 0 aliphatic carbocycles. The number of nitrogens with zero attached hydrogens (tertiary/aromatic N) is 1. The maximum absolute atomic E-state index is 11.8. The van der Waals surface area contributed by atoms with Crippen LogP contribution in [-0.2, 0) is 6.54 Å². The summed E-state index contributed by atoms with van der Waals surface area (Å²) in [6.45, 7) is 0.361. The van der Waals surface area contributed by atoms with Gasteiger partial charge in [-0.05, 0) is 39.7 Å². The molecule has 0 saturated heterocycles. The minimum absolute atomic E-state index is 0.186. The molecule has 2 rings (SSSR count). The van der Waals surface area contributed by atoms with Crippen LogP contribution >= 0.6 is 15.9 Å². The summed E-state index contributed by atoms with van der Waals surface area (Å²) in [5, 5.41) is 12.1. The van der Waals surface area contributed by atoms with Gasteiger partial charge in [-0.2, -0.15) is 0 Å². The third-order valence-electron chi connectivity index (χ3n) is 2.33. The minimum atomic E-state index is -0.202. The van der Waals surface area contributed by atoms with Gasteiger partial charge in [-0.15, -0.1) is 0 Å². The number of halogens is 1. The van der Waals surface area contributed by atoms with Crippen molar-refractivity contribution in [3.05, 3.63) is 58.3 Å². The van der Waals surface area contributed by atoms with Crippen LogP contribution in [0.4, 0.5) is 0 Å². The van der Waals surface area contributed by atoms with Crippen molar-refractivity contribution in [1.82, 2.24) is 10.3 Å². The number of aromatic hydroxyl groups is 1. The molecule has 1 heterocycles. The highest BCUT2D eigenvalue weighted by Crippen LogP contribution is 2.12. The number of rotatable bonds is 3. The monoisotopic (exact) mass is 306 g/mol. The first-order chi connectivity index (χ1) is 8.65. The zero-order chi connectivity index (χ0) is 13.0. The molecular weight excluding hydrogens is 296 g/mol. The fraction of sp³-hybridized carbons (Fsp3) is 0.0769. The first-order valence-corrected chi connectivity index (χ1v) is 6.11. The molecular formula is C13H11BrN2O2. The standard InChI is InChI=1S/C13H11BrN2O2/c14-11-5-10(7-15-8-11)13(18)16-6-9-2-1-3-12(17)4-9/h1-5,7-8,17H,6H2,(H,16,18). The molecule has 5 heteroatoms. The highest BCUT2D eigenvalue weighted by atomic mass is 79.9. The van der Waals surface area contributed by atoms with Gasteiger partial charge in [0.05, 0.1) is 5.56 Å². The van der Waals surface area contributed by atoms with E-state index in [1.54, 1.807) is 30.5 Å². The van der Waals surface area contributed by atoms with Gasteiger partial charge in [0, 0.05) is 23.4 Å². The van der Waals surface area contributed by atoms with Crippen molar-refractivity contribution in [2.45, 2.75) is 6.54 Å². The van der Waals surface area contributed by atoms with E-state index in [9.17, 15) is 9.90 Å². The number of nitrogens with one attached hydrogen (secondary N) is 1. The number of pyridine rings is 1. The largest absolute Gasteiger partial charge is 0.508 e. The topological polar surface area (TPSA) is 62.2 Å². The minimum Gasteiger partial charge on any atom is -0.508 e. The molecule has 0 atom stereocenters. The summed E-state index contributed by atoms with van der Waals surface area (Å²) in [6.07, 6.45) is 3.12. The molecule has 1 aromatic carbocycles. The maximum Gasteiger partial charge on any atom is 0.253 e. The Kier molecular flexibility index (Phi) is 3.94. The number of carbonyl (C=O) groups is 1. The maximum atomic E-state index is 11.8. The number of hydrogen-bond donors (Lipinski definition) is 2. The van der Waals surface area contributed by atoms with Crippen molar-refractivity contribution in [1.29, 1.82) is 0 Å². The molecule has 1 amide bonds. The van der Waals surface area contributed by atoms with E-state index in [0.29, 0.717) is 12.1 Å². The number of benzene rings is 1. The van der Waals surface area contributed by atoms with Crippen LogP contribution in [0, 0.1) is 0 Å². The summed E-state index contributed by atoms with van der Waals surface area (Å²) in [6, 6.07) is 8.46. The van der Waals surface area contributed by atoms with Crippen molar-refractivity contribution in [3.63, 3.8) is 0 Å². The van der Waals surface area contributed by atoms with Gasteiger partial charge in [0.25, 0.3) is 5.91 Å². The van der Waals surface area contributed by atoms with Gasteiger partial charge in [0.2, 0.25) is 0 Å². The number of amides is 1. The zero-order valence-corrected chi connectivity index (χ0v) is 11.0. The zero-order valence-electron chi connectivity index (χ0n) is 9.43. The van der Waals surface area contributed by atoms with Gasteiger partial charge in [0.1, 0.15) is 5.75 Å². The number of carbonyl (C=O) groups excluding carboxylic acids is 1. The third-order valence-corrected chi connectivity index (χ3v) is 2.76. The van der Waals surface area contributed by atoms with Gasteiger partial charge in [-0.3, -0.25) is 9.78 Å². The highest BCUT2D eigenvalue weighted by Gasteiger charge is 2.06. The predicted molar refractivity (Wildman–Crippen MR) is 71.2 cm³/mol. The molecule has 0 spiro atoms. The Balaban J connectivity index is 2.00. The third kappa shape index (κ3) is 3.30. The lowest BCUT2D eigenvalue weighted by Crippen LogP contribution is -2.22. The van der Waals surface area contributed by atoms with E-state index in [2.05, 4.69) is 26.2 Å². The van der Waals surface area contributed by atoms with Crippen molar-refractivity contribution < 1.29 is 9.90 Å². The van der Waals surface area contributed by atoms with Gasteiger partial charge >= 0.3 is 0 Å². The van der Waals surface area contributed by atoms with Crippen LogP contribution in [0.3, 0.4) is 0 Å². The predicted octanol–water partition coefficient (Wildman–Crippen LogP) is 2.48. The van der Waals surface area contributed by atoms with E-state index in [4.69, 9.17) is 0 Å². The van der Waals surface area contributed by atoms with Crippen molar-refractivity contribution in [2.24, 2.45) is 0 Å². The van der Waals surface area contributed by atoms with Gasteiger partial charge in [-0.1, -0.05) is 12.1 Å². The van der Waals surface area contributed by atoms with Crippen LogP contribution in [0.5, 0.6) is 5.75 Å². The van der Waals surface area contributed by atoms with E-state index >= 15 is 0 Å². The number of phenolic OH excluding ortho intramolecular Hbond substituents is 1. The van der Waals surface area contributed by atoms with E-state index in [1.807, 2.05) is 6.07 Å². The smallest absolute Gasteiger partial charge is 0.253 e. The van der Waals surface area contributed by atoms with Crippen LogP contribution in [-0.4, -0.2) is 16.0 Å². The summed E-state index contributed by atoms with van der Waals surface area (Å²) >= 11 is 3.26. The molecule has 18 heavy (non-hydrogen) atoms. The average molecular weight is 307 g/mol. The fourth-order valence-electron chi connectivity index (χ4n) is 1.49. The SMILES string of the molecule is O=C(NCc1cccc(O)c1)c1cncc(Br)c1. The summed E-state index contributed by atoms with van der Waals surface area (Å²) in [4.78, 5) is 15.7. The second-order valence-electron chi connectivity index (χ2n) is 3.74. The summed E-state index contributed by atoms with van der Waals surface area (Å²) < 4.78 is 0.757. The van der Waals surface area contributed by atoms with Gasteiger partial charge in [0.15, 0.2) is 0 Å². The van der Waals surface area contributed by atoms with Crippen molar-refractivity contribution in [2.75, 3.05) is 0 Å². The molecule has 2 aromatic rings. The Hall–Kier alpha value is -1.88. The number of phenols is 1. The average Bonchev–Trinajstić information content (AvgIpc) is 2.36. The Morgan fingerprint density at radius 2 is 2.17 bits per heavy atom. The Bertz CT molecular complexity index is 572. The molecule has 0 aliphatic rings. The summed E-state index contributed by atoms with van der Waals surface area (Å²) in [5.41, 5.74) is 1.33. The van der Waals surface area contributed by atoms with Crippen molar-refractivity contribution in [3.8, 4) is 5.75 Å². The summed E-state index contributed by atoms with van der Waals surface area (Å²) in [5.74, 6) is -0.0157. The van der Waals surface area contributed by atoms with Gasteiger partial charge < -0.3 is 10.4 Å². The quantitative estimate of drug-likeness (QED) is 0.916. The normalized spacial score (nSPS) is 10.1. The van der Waals surface area contributed by atoms with Crippen LogP contribution in [0.25, 0.3) is 0 Å². The number of aromatic nitrogens is 1. The molecule has 0 saturated carbocycles. The molecule has 0 bridgehead atoms.